The fraction of sp³-hybridized carbons (Fsp3) is 0.279. The molecule has 0 spiro atoms. The van der Waals surface area contributed by atoms with Crippen LogP contribution in [0.2, 0.25) is 0 Å². The van der Waals surface area contributed by atoms with E-state index in [0.717, 1.165) is 70.6 Å². The van der Waals surface area contributed by atoms with Crippen molar-refractivity contribution in [2.24, 2.45) is 0 Å². The Hall–Kier alpha value is -12.5. The maximum atomic E-state index is 15.9. The monoisotopic (exact) mass is 1450 g/mol. The molecule has 4 heterocycles. The molecule has 22 heteroatoms. The summed E-state index contributed by atoms with van der Waals surface area (Å²) >= 11 is 0. The number of hydrogen-bond acceptors (Lipinski definition) is 14. The number of ether oxygens (including phenoxy) is 4. The van der Waals surface area contributed by atoms with Crippen molar-refractivity contribution >= 4 is 102 Å². The molecular formula is C86H84N8O14. The normalized spacial score (nSPS) is 14.1. The topological polar surface area (TPSA) is 269 Å². The van der Waals surface area contributed by atoms with E-state index in [-0.39, 0.29) is 135 Å². The van der Waals surface area contributed by atoms with Gasteiger partial charge < -0.3 is 50.0 Å². The number of likely N-dealkylation sites (tertiary alicyclic amines) is 2. The third kappa shape index (κ3) is 15.5. The molecule has 10 amide bonds. The van der Waals surface area contributed by atoms with Crippen molar-refractivity contribution in [1.82, 2.24) is 40.9 Å². The van der Waals surface area contributed by atoms with E-state index in [9.17, 15) is 28.8 Å². The second kappa shape index (κ2) is 31.7. The van der Waals surface area contributed by atoms with Crippen LogP contribution >= 0.6 is 0 Å². The van der Waals surface area contributed by atoms with Gasteiger partial charge in [0.25, 0.3) is 23.6 Å². The highest BCUT2D eigenvalue weighted by Crippen LogP contribution is 2.58. The maximum Gasteiger partial charge on any atom is 0.262 e. The molecule has 4 aliphatic rings. The summed E-state index contributed by atoms with van der Waals surface area (Å²) in [5.74, 6) is -3.97. The smallest absolute Gasteiger partial charge is 0.262 e. The lowest BCUT2D eigenvalue weighted by atomic mass is 9.80. The van der Waals surface area contributed by atoms with Gasteiger partial charge in [0.2, 0.25) is 35.4 Å². The molecule has 9 aromatic rings. The van der Waals surface area contributed by atoms with Crippen LogP contribution in [-0.2, 0) is 54.5 Å². The number of benzene rings is 9. The molecule has 0 saturated carbocycles. The number of rotatable bonds is 28. The first-order chi connectivity index (χ1) is 52.0. The third-order valence-corrected chi connectivity index (χ3v) is 20.0. The van der Waals surface area contributed by atoms with Crippen molar-refractivity contribution in [3.63, 3.8) is 0 Å². The van der Waals surface area contributed by atoms with Gasteiger partial charge in [-0.25, -0.2) is 0 Å². The van der Waals surface area contributed by atoms with Gasteiger partial charge in [-0.05, 0) is 187 Å². The molecule has 2 fully saturated rings. The number of carbonyl (C=O) groups excluding carboxylic acids is 10. The summed E-state index contributed by atoms with van der Waals surface area (Å²) in [6.07, 6.45) is 6.59. The van der Waals surface area contributed by atoms with Gasteiger partial charge in [0, 0.05) is 118 Å². The van der Waals surface area contributed by atoms with Crippen LogP contribution in [-0.4, -0.2) is 144 Å². The van der Waals surface area contributed by atoms with Crippen LogP contribution in [0.5, 0.6) is 46.0 Å². The fourth-order valence-electron chi connectivity index (χ4n) is 14.3. The summed E-state index contributed by atoms with van der Waals surface area (Å²) in [6.45, 7) is 23.3. The summed E-state index contributed by atoms with van der Waals surface area (Å²) < 4.78 is 28.9. The molecule has 0 aromatic heterocycles. The Bertz CT molecular complexity index is 4620. The lowest BCUT2D eigenvalue weighted by molar-refractivity contribution is -0.133. The maximum absolute atomic E-state index is 15.9. The van der Waals surface area contributed by atoms with E-state index in [1.54, 1.807) is 86.0 Å². The van der Waals surface area contributed by atoms with E-state index in [4.69, 9.17) is 18.9 Å². The van der Waals surface area contributed by atoms with Crippen molar-refractivity contribution in [1.29, 1.82) is 0 Å². The van der Waals surface area contributed by atoms with E-state index < -0.39 is 48.5 Å². The molecule has 552 valence electrons. The van der Waals surface area contributed by atoms with E-state index in [1.807, 2.05) is 48.5 Å². The fourth-order valence-corrected chi connectivity index (χ4v) is 14.3. The van der Waals surface area contributed by atoms with Crippen LogP contribution in [0, 0.1) is 0 Å². The van der Waals surface area contributed by atoms with E-state index in [1.165, 1.54) is 24.3 Å². The van der Waals surface area contributed by atoms with Crippen molar-refractivity contribution in [2.45, 2.75) is 91.9 Å². The first-order valence-electron chi connectivity index (χ1n) is 36.5. The zero-order valence-corrected chi connectivity index (χ0v) is 61.0. The van der Waals surface area contributed by atoms with Crippen LogP contribution in [0.4, 0.5) is 0 Å². The number of fused-ring (bicyclic) bond motifs is 2. The quantitative estimate of drug-likeness (QED) is 0.0154. The van der Waals surface area contributed by atoms with Crippen LogP contribution in [0.3, 0.4) is 0 Å². The Balaban J connectivity index is 1.10. The van der Waals surface area contributed by atoms with Crippen molar-refractivity contribution < 1.29 is 66.9 Å². The van der Waals surface area contributed by atoms with Crippen LogP contribution in [0.25, 0.3) is 43.1 Å². The predicted octanol–water partition coefficient (Wildman–Crippen LogP) is 13.1. The molecule has 13 rings (SSSR count). The molecule has 0 aliphatic carbocycles. The molecule has 0 atom stereocenters. The Morgan fingerprint density at radius 1 is 0.324 bits per heavy atom. The lowest BCUT2D eigenvalue weighted by Gasteiger charge is -2.34. The van der Waals surface area contributed by atoms with Crippen molar-refractivity contribution in [2.75, 3.05) is 65.4 Å². The summed E-state index contributed by atoms with van der Waals surface area (Å²) in [5.41, 5.74) is 4.70. The minimum absolute atomic E-state index is 0.0195. The molecule has 4 aliphatic heterocycles. The zero-order valence-electron chi connectivity index (χ0n) is 61.0. The molecule has 0 bridgehead atoms. The molecule has 4 N–H and O–H groups in total. The highest BCUT2D eigenvalue weighted by atomic mass is 16.5. The predicted molar refractivity (Wildman–Crippen MR) is 411 cm³/mol. The molecular weight excluding hydrogens is 1370 g/mol. The average Bonchev–Trinajstić information content (AvgIpc) is 0.671. The van der Waals surface area contributed by atoms with Gasteiger partial charge >= 0.3 is 0 Å². The second-order valence-electron chi connectivity index (χ2n) is 28.1. The standard InChI is InChI=1S/C86H84N8O14/c1-49(2)79(97)87-35-31-53-15-23-57(24-16-53)105-65-43-61-71-62(84(102)93(83(61)101)47-69(95)91-39-11-9-12-40-91)45-67(107-59-27-19-55(20-28-59)33-37-89-81(99)51(5)6)75-76-68(108-60-29-21-56(22-30-60)34-38-90-82(100)52(7)8)46-64-72-63(85(103)94(86(64)104)48-70(96)92-41-13-10-14-42-92)44-66(74(78(72)76)73(65)77(71)75)106-58-25-17-54(18-26-58)32-36-88-80(98)50(3)4/h15-30,43-46H,1,3,5,7,9-14,31-42,47-48H2,2,4,6,8H3,(H,87,97)(H,88,98)(H,89,99)(H,90,100). The Labute approximate surface area is 624 Å². The molecule has 9 aromatic carbocycles. The summed E-state index contributed by atoms with van der Waals surface area (Å²) in [5, 5.41) is 13.1. The summed E-state index contributed by atoms with van der Waals surface area (Å²) in [4.78, 5) is 148. The van der Waals surface area contributed by atoms with E-state index in [2.05, 4.69) is 47.6 Å². The Kier molecular flexibility index (Phi) is 21.7. The number of nitrogens with one attached hydrogen (secondary N) is 4. The minimum Gasteiger partial charge on any atom is -0.457 e. The summed E-state index contributed by atoms with van der Waals surface area (Å²) in [6, 6.07) is 34.7. The number of carbonyl (C=O) groups is 10. The number of hydrogen-bond donors (Lipinski definition) is 4. The van der Waals surface area contributed by atoms with Gasteiger partial charge in [-0.1, -0.05) is 74.8 Å². The van der Waals surface area contributed by atoms with Gasteiger partial charge in [0.05, 0.1) is 22.3 Å². The molecule has 108 heavy (non-hydrogen) atoms. The lowest BCUT2D eigenvalue weighted by Crippen LogP contribution is -2.48. The van der Waals surface area contributed by atoms with E-state index >= 15 is 19.2 Å². The third-order valence-electron chi connectivity index (χ3n) is 20.0. The Morgan fingerprint density at radius 2 is 0.546 bits per heavy atom. The molecule has 0 unspecified atom stereocenters. The first kappa shape index (κ1) is 73.8. The number of nitrogens with zero attached hydrogens (tertiary/aromatic N) is 4. The average molecular weight is 1450 g/mol. The van der Waals surface area contributed by atoms with Crippen molar-refractivity contribution in [3.8, 4) is 46.0 Å². The first-order valence-corrected chi connectivity index (χ1v) is 36.5. The summed E-state index contributed by atoms with van der Waals surface area (Å²) in [7, 11) is 0. The van der Waals surface area contributed by atoms with E-state index in [0.29, 0.717) is 100 Å². The highest BCUT2D eigenvalue weighted by Gasteiger charge is 2.43. The number of imide groups is 2. The van der Waals surface area contributed by atoms with Crippen LogP contribution in [0.15, 0.2) is 170 Å². The SMILES string of the molecule is C=C(C)C(=O)NCCc1ccc(Oc2cc3c4c(cc(Oc5ccc(CCNC(=O)C(=C)C)cc5)c5c6c(Oc7ccc(CCNC(=O)C(=C)C)cc7)cc7c8c(cc(Oc9ccc(CCNC(=O)C(=C)C)cc9)c(c2c45)c86)C(=O)N(CC(=O)N2CCCCC2)C7=O)C(=O)N(CC(=O)N2CCCCC2)C3=O)cc1. The van der Waals surface area contributed by atoms with Gasteiger partial charge in [0.1, 0.15) is 59.1 Å². The van der Waals surface area contributed by atoms with Crippen molar-refractivity contribution in [3.05, 3.63) is 214 Å². The number of piperidine rings is 2. The highest BCUT2D eigenvalue weighted by molar-refractivity contribution is 6.45. The molecule has 22 nitrogen and oxygen atoms in total. The van der Waals surface area contributed by atoms with Crippen LogP contribution in [0.1, 0.15) is 130 Å². The number of amides is 10. The van der Waals surface area contributed by atoms with Gasteiger partial charge in [-0.3, -0.25) is 57.7 Å². The van der Waals surface area contributed by atoms with Crippen LogP contribution < -0.4 is 40.2 Å². The Morgan fingerprint density at radius 3 is 0.759 bits per heavy atom. The minimum atomic E-state index is -0.797. The largest absolute Gasteiger partial charge is 0.457 e. The zero-order chi connectivity index (χ0) is 76.2. The van der Waals surface area contributed by atoms with Gasteiger partial charge in [-0.15, -0.1) is 0 Å². The van der Waals surface area contributed by atoms with Gasteiger partial charge in [0.15, 0.2) is 0 Å². The molecule has 2 saturated heterocycles. The molecule has 0 radical (unpaired) electrons. The van der Waals surface area contributed by atoms with Gasteiger partial charge in [-0.2, -0.15) is 0 Å². The second-order valence-corrected chi connectivity index (χ2v) is 28.1.